The van der Waals surface area contributed by atoms with Crippen molar-refractivity contribution >= 4 is 11.0 Å². The van der Waals surface area contributed by atoms with Crippen LogP contribution in [0.15, 0.2) is 24.5 Å². The zero-order valence-electron chi connectivity index (χ0n) is 8.66. The van der Waals surface area contributed by atoms with Crippen molar-refractivity contribution in [3.63, 3.8) is 0 Å². The smallest absolute Gasteiger partial charge is 0.137 e. The summed E-state index contributed by atoms with van der Waals surface area (Å²) in [4.78, 5) is 7.49. The van der Waals surface area contributed by atoms with E-state index in [1.807, 2.05) is 12.4 Å². The number of aromatic nitrogens is 2. The Morgan fingerprint density at radius 3 is 3.20 bits per heavy atom. The minimum Gasteiger partial charge on any atom is -0.346 e. The number of H-pyrrole nitrogens is 1. The molecule has 0 amide bonds. The van der Waals surface area contributed by atoms with Gasteiger partial charge in [0.05, 0.1) is 0 Å². The molecule has 3 nitrogen and oxygen atoms in total. The van der Waals surface area contributed by atoms with E-state index >= 15 is 0 Å². The van der Waals surface area contributed by atoms with Crippen molar-refractivity contribution in [1.82, 2.24) is 15.3 Å². The predicted molar refractivity (Wildman–Crippen MR) is 60.9 cm³/mol. The highest BCUT2D eigenvalue weighted by atomic mass is 14.9. The lowest BCUT2D eigenvalue weighted by molar-refractivity contribution is 0.463. The van der Waals surface area contributed by atoms with Crippen molar-refractivity contribution in [3.05, 3.63) is 30.1 Å². The second kappa shape index (κ2) is 3.66. The third-order valence-electron chi connectivity index (χ3n) is 3.23. The standard InChI is InChI=1S/C12H15N3/c1-2-9(8-13-5-1)10-3-6-14-12-11(10)4-7-15-12/h3-4,6-7,9,13H,1-2,5,8H2,(H,14,15). The van der Waals surface area contributed by atoms with Crippen LogP contribution in [0, 0.1) is 0 Å². The number of nitrogens with one attached hydrogen (secondary N) is 2. The molecule has 3 heterocycles. The number of aromatic amines is 1. The van der Waals surface area contributed by atoms with Crippen LogP contribution in [0.25, 0.3) is 11.0 Å². The van der Waals surface area contributed by atoms with Crippen molar-refractivity contribution < 1.29 is 0 Å². The molecule has 1 unspecified atom stereocenters. The summed E-state index contributed by atoms with van der Waals surface area (Å²) in [6.07, 6.45) is 6.44. The highest BCUT2D eigenvalue weighted by Crippen LogP contribution is 2.28. The average molecular weight is 201 g/mol. The predicted octanol–water partition coefficient (Wildman–Crippen LogP) is 2.03. The summed E-state index contributed by atoms with van der Waals surface area (Å²) in [5.41, 5.74) is 2.45. The van der Waals surface area contributed by atoms with Gasteiger partial charge in [-0.2, -0.15) is 0 Å². The molecule has 0 aromatic carbocycles. The molecule has 0 bridgehead atoms. The van der Waals surface area contributed by atoms with Crippen LogP contribution in [-0.2, 0) is 0 Å². The molecule has 1 atom stereocenters. The van der Waals surface area contributed by atoms with Crippen LogP contribution in [0.1, 0.15) is 24.3 Å². The van der Waals surface area contributed by atoms with Crippen LogP contribution in [0.3, 0.4) is 0 Å². The normalized spacial score (nSPS) is 22.0. The Balaban J connectivity index is 2.05. The van der Waals surface area contributed by atoms with E-state index in [0.29, 0.717) is 5.92 Å². The summed E-state index contributed by atoms with van der Waals surface area (Å²) in [5.74, 6) is 0.653. The second-order valence-corrected chi connectivity index (χ2v) is 4.18. The zero-order valence-corrected chi connectivity index (χ0v) is 8.66. The quantitative estimate of drug-likeness (QED) is 0.741. The van der Waals surface area contributed by atoms with Gasteiger partial charge in [-0.15, -0.1) is 0 Å². The third-order valence-corrected chi connectivity index (χ3v) is 3.23. The highest BCUT2D eigenvalue weighted by Gasteiger charge is 2.17. The average Bonchev–Trinajstić information content (AvgIpc) is 2.78. The van der Waals surface area contributed by atoms with Crippen LogP contribution in [0.2, 0.25) is 0 Å². The molecule has 2 aromatic heterocycles. The lowest BCUT2D eigenvalue weighted by Gasteiger charge is -2.23. The summed E-state index contributed by atoms with van der Waals surface area (Å²) in [6, 6.07) is 4.29. The fourth-order valence-electron chi connectivity index (χ4n) is 2.46. The fourth-order valence-corrected chi connectivity index (χ4v) is 2.46. The Labute approximate surface area is 88.9 Å². The van der Waals surface area contributed by atoms with Crippen LogP contribution >= 0.6 is 0 Å². The number of hydrogen-bond donors (Lipinski definition) is 2. The molecule has 0 saturated carbocycles. The number of hydrogen-bond acceptors (Lipinski definition) is 2. The van der Waals surface area contributed by atoms with Gasteiger partial charge >= 0.3 is 0 Å². The molecule has 1 aliphatic rings. The molecular weight excluding hydrogens is 186 g/mol. The van der Waals surface area contributed by atoms with E-state index in [1.54, 1.807) is 0 Å². The molecule has 2 N–H and O–H groups in total. The monoisotopic (exact) mass is 201 g/mol. The summed E-state index contributed by atoms with van der Waals surface area (Å²) in [7, 11) is 0. The third kappa shape index (κ3) is 1.53. The van der Waals surface area contributed by atoms with Gasteiger partial charge in [-0.1, -0.05) is 0 Å². The van der Waals surface area contributed by atoms with E-state index in [9.17, 15) is 0 Å². The number of pyridine rings is 1. The molecule has 78 valence electrons. The minimum absolute atomic E-state index is 0.653. The van der Waals surface area contributed by atoms with Crippen molar-refractivity contribution in [2.75, 3.05) is 13.1 Å². The molecule has 1 aliphatic heterocycles. The van der Waals surface area contributed by atoms with Gasteiger partial charge in [0.25, 0.3) is 0 Å². The first kappa shape index (κ1) is 8.92. The van der Waals surface area contributed by atoms with Gasteiger partial charge in [-0.25, -0.2) is 4.98 Å². The molecule has 3 rings (SSSR count). The van der Waals surface area contributed by atoms with Crippen molar-refractivity contribution in [2.45, 2.75) is 18.8 Å². The Bertz CT molecular complexity index is 455. The van der Waals surface area contributed by atoms with Crippen LogP contribution in [-0.4, -0.2) is 23.1 Å². The first-order valence-corrected chi connectivity index (χ1v) is 5.58. The molecule has 2 aromatic rings. The van der Waals surface area contributed by atoms with E-state index in [1.165, 1.54) is 23.8 Å². The lowest BCUT2D eigenvalue weighted by atomic mass is 9.90. The first-order chi connectivity index (χ1) is 7.45. The van der Waals surface area contributed by atoms with Gasteiger partial charge < -0.3 is 10.3 Å². The van der Waals surface area contributed by atoms with Gasteiger partial charge in [0.2, 0.25) is 0 Å². The van der Waals surface area contributed by atoms with Gasteiger partial charge in [0.1, 0.15) is 5.65 Å². The van der Waals surface area contributed by atoms with E-state index in [0.717, 1.165) is 18.7 Å². The molecule has 3 heteroatoms. The van der Waals surface area contributed by atoms with Gasteiger partial charge in [-0.05, 0) is 43.0 Å². The molecule has 15 heavy (non-hydrogen) atoms. The fraction of sp³-hybridized carbons (Fsp3) is 0.417. The van der Waals surface area contributed by atoms with Gasteiger partial charge in [-0.3, -0.25) is 0 Å². The number of rotatable bonds is 1. The van der Waals surface area contributed by atoms with Crippen LogP contribution in [0.4, 0.5) is 0 Å². The number of fused-ring (bicyclic) bond motifs is 1. The van der Waals surface area contributed by atoms with Crippen LogP contribution in [0.5, 0.6) is 0 Å². The summed E-state index contributed by atoms with van der Waals surface area (Å²) in [6.45, 7) is 2.27. The first-order valence-electron chi connectivity index (χ1n) is 5.58. The van der Waals surface area contributed by atoms with E-state index < -0.39 is 0 Å². The Morgan fingerprint density at radius 1 is 1.33 bits per heavy atom. The van der Waals surface area contributed by atoms with E-state index in [4.69, 9.17) is 0 Å². The molecule has 0 spiro atoms. The molecule has 1 saturated heterocycles. The Morgan fingerprint density at radius 2 is 2.33 bits per heavy atom. The van der Waals surface area contributed by atoms with Crippen molar-refractivity contribution in [2.24, 2.45) is 0 Å². The topological polar surface area (TPSA) is 40.7 Å². The molecular formula is C12H15N3. The highest BCUT2D eigenvalue weighted by molar-refractivity contribution is 5.79. The minimum atomic E-state index is 0.653. The maximum absolute atomic E-state index is 4.32. The SMILES string of the molecule is c1cc(C2CCCNC2)c2cc[nH]c2n1. The van der Waals surface area contributed by atoms with Gasteiger partial charge in [0, 0.05) is 24.3 Å². The summed E-state index contributed by atoms with van der Waals surface area (Å²) < 4.78 is 0. The van der Waals surface area contributed by atoms with Crippen molar-refractivity contribution in [3.8, 4) is 0 Å². The zero-order chi connectivity index (χ0) is 10.1. The van der Waals surface area contributed by atoms with E-state index in [-0.39, 0.29) is 0 Å². The Hall–Kier alpha value is -1.35. The number of piperidine rings is 1. The molecule has 0 aliphatic carbocycles. The maximum Gasteiger partial charge on any atom is 0.137 e. The largest absolute Gasteiger partial charge is 0.346 e. The van der Waals surface area contributed by atoms with E-state index in [2.05, 4.69) is 27.4 Å². The lowest BCUT2D eigenvalue weighted by Crippen LogP contribution is -2.28. The van der Waals surface area contributed by atoms with Crippen LogP contribution < -0.4 is 5.32 Å². The number of nitrogens with zero attached hydrogens (tertiary/aromatic N) is 1. The molecule has 1 fully saturated rings. The molecule has 0 radical (unpaired) electrons. The summed E-state index contributed by atoms with van der Waals surface area (Å²) in [5, 5.41) is 4.74. The maximum atomic E-state index is 4.32. The van der Waals surface area contributed by atoms with Gasteiger partial charge in [0.15, 0.2) is 0 Å². The summed E-state index contributed by atoms with van der Waals surface area (Å²) >= 11 is 0. The van der Waals surface area contributed by atoms with Crippen molar-refractivity contribution in [1.29, 1.82) is 0 Å². The second-order valence-electron chi connectivity index (χ2n) is 4.18. The Kier molecular flexibility index (Phi) is 2.18.